The predicted molar refractivity (Wildman–Crippen MR) is 269 cm³/mol. The minimum atomic E-state index is 0.557. The maximum Gasteiger partial charge on any atom is 0.0496 e. The summed E-state index contributed by atoms with van der Waals surface area (Å²) in [5.41, 5.74) is 9.46. The third kappa shape index (κ3) is 17.0. The maximum absolute atomic E-state index is 6.64. The SMILES string of the molecule is CCCCCc1ccc(-c2ccc(C#CC3CCC(CCCC)CC3)cc2Cl)cc1.CCCCCc1ccc(-c2ccc(C#CC3CCC(CCCCC)CC3)cc2Cl)cc1. The summed E-state index contributed by atoms with van der Waals surface area (Å²) in [6.07, 6.45) is 30.1. The molecule has 0 heterocycles. The van der Waals surface area contributed by atoms with Crippen LogP contribution in [0.25, 0.3) is 22.3 Å². The summed E-state index contributed by atoms with van der Waals surface area (Å²) in [6.45, 7) is 9.07. The highest BCUT2D eigenvalue weighted by molar-refractivity contribution is 6.33. The Kier molecular flexibility index (Phi) is 22.0. The van der Waals surface area contributed by atoms with E-state index in [1.165, 1.54) is 157 Å². The van der Waals surface area contributed by atoms with E-state index in [2.05, 4.69) is 124 Å². The molecule has 0 amide bonds. The first kappa shape index (κ1) is 48.6. The number of unbranched alkanes of at least 4 members (excludes halogenated alkanes) is 7. The van der Waals surface area contributed by atoms with E-state index in [1.807, 2.05) is 12.1 Å². The highest BCUT2D eigenvalue weighted by Crippen LogP contribution is 2.34. The molecule has 0 N–H and O–H groups in total. The van der Waals surface area contributed by atoms with Gasteiger partial charge >= 0.3 is 0 Å². The van der Waals surface area contributed by atoms with Crippen LogP contribution in [-0.4, -0.2) is 0 Å². The second kappa shape index (κ2) is 27.6. The molecule has 0 aliphatic heterocycles. The standard InChI is InChI=1S/C30H39Cl.C29H37Cl/c1-3-5-7-9-24-11-13-26(14-12-24)15-16-27-19-22-29(30(31)23-27)28-20-17-25(18-21-28)10-8-6-4-2;1-3-5-7-9-24-16-19-27(20-17-24)28-21-18-26(22-29(28)30)15-14-25-12-10-23(11-13-25)8-6-4-2/h17-24,26H,3-14H2,1-2H3;16-23,25H,3-13H2,1-2H3. The molecule has 2 fully saturated rings. The fraction of sp³-hybridized carbons (Fsp3) is 0.525. The Morgan fingerprint density at radius 1 is 0.426 bits per heavy atom. The van der Waals surface area contributed by atoms with Crippen LogP contribution >= 0.6 is 23.2 Å². The molecule has 4 aromatic carbocycles. The van der Waals surface area contributed by atoms with E-state index in [-0.39, 0.29) is 0 Å². The highest BCUT2D eigenvalue weighted by Gasteiger charge is 2.20. The van der Waals surface area contributed by atoms with Crippen molar-refractivity contribution in [3.05, 3.63) is 117 Å². The van der Waals surface area contributed by atoms with Gasteiger partial charge in [-0.3, -0.25) is 0 Å². The van der Waals surface area contributed by atoms with Gasteiger partial charge in [-0.15, -0.1) is 0 Å². The number of halogens is 2. The van der Waals surface area contributed by atoms with Crippen molar-refractivity contribution >= 4 is 23.2 Å². The van der Waals surface area contributed by atoms with Crippen LogP contribution in [0.15, 0.2) is 84.9 Å². The molecule has 6 rings (SSSR count). The highest BCUT2D eigenvalue weighted by atomic mass is 35.5. The zero-order valence-corrected chi connectivity index (χ0v) is 39.9. The minimum Gasteiger partial charge on any atom is -0.0945 e. The van der Waals surface area contributed by atoms with Crippen molar-refractivity contribution in [1.29, 1.82) is 0 Å². The maximum atomic E-state index is 6.64. The molecule has 0 bridgehead atoms. The van der Waals surface area contributed by atoms with Gasteiger partial charge in [0.2, 0.25) is 0 Å². The molecule has 0 unspecified atom stereocenters. The first-order valence-electron chi connectivity index (χ1n) is 24.7. The van der Waals surface area contributed by atoms with Crippen LogP contribution in [0.5, 0.6) is 0 Å². The molecule has 0 nitrogen and oxygen atoms in total. The molecular formula is C59H76Cl2. The summed E-state index contributed by atoms with van der Waals surface area (Å²) in [5.74, 6) is 16.9. The first-order chi connectivity index (χ1) is 29.9. The number of hydrogen-bond donors (Lipinski definition) is 0. The van der Waals surface area contributed by atoms with Crippen LogP contribution in [0.3, 0.4) is 0 Å². The van der Waals surface area contributed by atoms with Crippen LogP contribution in [0.4, 0.5) is 0 Å². The molecule has 0 aromatic heterocycles. The number of rotatable bonds is 17. The van der Waals surface area contributed by atoms with E-state index in [4.69, 9.17) is 23.2 Å². The lowest BCUT2D eigenvalue weighted by molar-refractivity contribution is 0.294. The Balaban J connectivity index is 0.000000231. The second-order valence-corrected chi connectivity index (χ2v) is 19.1. The Hall–Kier alpha value is -3.42. The normalized spacial score (nSPS) is 18.5. The zero-order chi connectivity index (χ0) is 43.1. The van der Waals surface area contributed by atoms with Gasteiger partial charge in [0.15, 0.2) is 0 Å². The fourth-order valence-electron chi connectivity index (χ4n) is 9.25. The molecule has 4 aromatic rings. The quantitative estimate of drug-likeness (QED) is 0.0733. The first-order valence-corrected chi connectivity index (χ1v) is 25.4. The average molecular weight is 856 g/mol. The molecule has 61 heavy (non-hydrogen) atoms. The summed E-state index contributed by atoms with van der Waals surface area (Å²) in [5, 5.41) is 1.59. The number of aryl methyl sites for hydroxylation is 2. The van der Waals surface area contributed by atoms with Crippen LogP contribution in [-0.2, 0) is 12.8 Å². The van der Waals surface area contributed by atoms with E-state index in [1.54, 1.807) is 0 Å². The molecular weight excluding hydrogens is 780 g/mol. The van der Waals surface area contributed by atoms with Gasteiger partial charge in [-0.05, 0) is 135 Å². The third-order valence-corrected chi connectivity index (χ3v) is 13.9. The fourth-order valence-corrected chi connectivity index (χ4v) is 9.83. The third-order valence-electron chi connectivity index (χ3n) is 13.3. The summed E-state index contributed by atoms with van der Waals surface area (Å²) in [4.78, 5) is 0. The van der Waals surface area contributed by atoms with Gasteiger partial charge in [-0.25, -0.2) is 0 Å². The van der Waals surface area contributed by atoms with Gasteiger partial charge in [-0.1, -0.05) is 206 Å². The van der Waals surface area contributed by atoms with Crippen LogP contribution in [0, 0.1) is 47.4 Å². The van der Waals surface area contributed by atoms with Gasteiger partial charge in [-0.2, -0.15) is 0 Å². The summed E-state index contributed by atoms with van der Waals surface area (Å²) in [6, 6.07) is 30.3. The van der Waals surface area contributed by atoms with Crippen molar-refractivity contribution < 1.29 is 0 Å². The second-order valence-electron chi connectivity index (χ2n) is 18.3. The van der Waals surface area contributed by atoms with Crippen molar-refractivity contribution in [2.45, 2.75) is 175 Å². The Morgan fingerprint density at radius 3 is 1.18 bits per heavy atom. The average Bonchev–Trinajstić information content (AvgIpc) is 3.29. The van der Waals surface area contributed by atoms with E-state index < -0.39 is 0 Å². The molecule has 0 atom stereocenters. The molecule has 2 heteroatoms. The smallest absolute Gasteiger partial charge is 0.0496 e. The zero-order valence-electron chi connectivity index (χ0n) is 38.4. The number of benzene rings is 4. The molecule has 2 saturated carbocycles. The Labute approximate surface area is 383 Å². The Bertz CT molecular complexity index is 1970. The molecule has 2 aliphatic rings. The largest absolute Gasteiger partial charge is 0.0945 e. The van der Waals surface area contributed by atoms with Gasteiger partial charge in [0.1, 0.15) is 0 Å². The van der Waals surface area contributed by atoms with Crippen LogP contribution in [0.2, 0.25) is 10.0 Å². The molecule has 0 spiro atoms. The van der Waals surface area contributed by atoms with Gasteiger partial charge in [0, 0.05) is 44.1 Å². The van der Waals surface area contributed by atoms with Crippen LogP contribution in [0.1, 0.15) is 185 Å². The van der Waals surface area contributed by atoms with Crippen molar-refractivity contribution in [1.82, 2.24) is 0 Å². The number of hydrogen-bond acceptors (Lipinski definition) is 0. The summed E-state index contributed by atoms with van der Waals surface area (Å²) in [7, 11) is 0. The van der Waals surface area contributed by atoms with E-state index >= 15 is 0 Å². The van der Waals surface area contributed by atoms with E-state index in [9.17, 15) is 0 Å². The van der Waals surface area contributed by atoms with Crippen molar-refractivity contribution in [3.8, 4) is 45.9 Å². The van der Waals surface area contributed by atoms with Crippen LogP contribution < -0.4 is 0 Å². The molecule has 326 valence electrons. The van der Waals surface area contributed by atoms with Crippen molar-refractivity contribution in [3.63, 3.8) is 0 Å². The van der Waals surface area contributed by atoms with E-state index in [0.29, 0.717) is 11.8 Å². The van der Waals surface area contributed by atoms with Gasteiger partial charge < -0.3 is 0 Å². The van der Waals surface area contributed by atoms with Gasteiger partial charge in [0.05, 0.1) is 0 Å². The monoisotopic (exact) mass is 855 g/mol. The lowest BCUT2D eigenvalue weighted by Gasteiger charge is -2.25. The predicted octanol–water partition coefficient (Wildman–Crippen LogP) is 18.6. The summed E-state index contributed by atoms with van der Waals surface area (Å²) < 4.78 is 0. The molecule has 0 radical (unpaired) electrons. The van der Waals surface area contributed by atoms with Gasteiger partial charge in [0.25, 0.3) is 0 Å². The lowest BCUT2D eigenvalue weighted by atomic mass is 9.80. The van der Waals surface area contributed by atoms with Crippen molar-refractivity contribution in [2.24, 2.45) is 23.7 Å². The Morgan fingerprint density at radius 2 is 0.803 bits per heavy atom. The summed E-state index contributed by atoms with van der Waals surface area (Å²) >= 11 is 13.3. The topological polar surface area (TPSA) is 0 Å². The lowest BCUT2D eigenvalue weighted by Crippen LogP contribution is -2.13. The van der Waals surface area contributed by atoms with E-state index in [0.717, 1.165) is 57.0 Å². The molecule has 2 aliphatic carbocycles. The van der Waals surface area contributed by atoms with Crippen molar-refractivity contribution in [2.75, 3.05) is 0 Å². The minimum absolute atomic E-state index is 0.557. The molecule has 0 saturated heterocycles.